The number of nitrogens with zero attached hydrogens (tertiary/aromatic N) is 1. The monoisotopic (exact) mass is 268 g/mol. The highest BCUT2D eigenvalue weighted by atomic mass is 35.5. The molecule has 3 nitrogen and oxygen atoms in total. The first-order chi connectivity index (χ1) is 8.66. The highest BCUT2D eigenvalue weighted by molar-refractivity contribution is 6.33. The molecule has 1 heterocycles. The van der Waals surface area contributed by atoms with Crippen molar-refractivity contribution >= 4 is 23.0 Å². The number of ether oxygens (including phenoxy) is 1. The molecular formula is C14H21ClN2O. The van der Waals surface area contributed by atoms with Crippen LogP contribution in [0.25, 0.3) is 0 Å². The van der Waals surface area contributed by atoms with Crippen LogP contribution in [0.4, 0.5) is 11.4 Å². The molecule has 1 atom stereocenters. The van der Waals surface area contributed by atoms with Gasteiger partial charge in [-0.15, -0.1) is 0 Å². The minimum Gasteiger partial charge on any atom is -0.385 e. The lowest BCUT2D eigenvalue weighted by atomic mass is 10.0. The Morgan fingerprint density at radius 2 is 2.28 bits per heavy atom. The van der Waals surface area contributed by atoms with Gasteiger partial charge in [0.2, 0.25) is 0 Å². The van der Waals surface area contributed by atoms with Gasteiger partial charge in [0.15, 0.2) is 0 Å². The van der Waals surface area contributed by atoms with Crippen molar-refractivity contribution < 1.29 is 4.74 Å². The molecule has 4 heteroatoms. The van der Waals surface area contributed by atoms with E-state index in [0.717, 1.165) is 36.2 Å². The van der Waals surface area contributed by atoms with E-state index >= 15 is 0 Å². The molecule has 100 valence electrons. The van der Waals surface area contributed by atoms with Gasteiger partial charge >= 0.3 is 0 Å². The Morgan fingerprint density at radius 1 is 1.44 bits per heavy atom. The van der Waals surface area contributed by atoms with Crippen LogP contribution in [0.15, 0.2) is 18.2 Å². The fourth-order valence-electron chi connectivity index (χ4n) is 2.21. The van der Waals surface area contributed by atoms with Gasteiger partial charge in [-0.2, -0.15) is 0 Å². The van der Waals surface area contributed by atoms with E-state index in [1.807, 2.05) is 31.1 Å². The van der Waals surface area contributed by atoms with E-state index in [1.165, 1.54) is 12.8 Å². The summed E-state index contributed by atoms with van der Waals surface area (Å²) in [7, 11) is 3.99. The Kier molecular flexibility index (Phi) is 4.72. The number of anilines is 2. The van der Waals surface area contributed by atoms with Crippen LogP contribution < -0.4 is 10.2 Å². The van der Waals surface area contributed by atoms with Crippen LogP contribution in [0.2, 0.25) is 5.02 Å². The zero-order valence-electron chi connectivity index (χ0n) is 11.1. The summed E-state index contributed by atoms with van der Waals surface area (Å²) in [5, 5.41) is 4.22. The van der Waals surface area contributed by atoms with Crippen molar-refractivity contribution in [3.05, 3.63) is 23.2 Å². The van der Waals surface area contributed by atoms with Gasteiger partial charge in [0.05, 0.1) is 17.3 Å². The van der Waals surface area contributed by atoms with Crippen molar-refractivity contribution in [3.8, 4) is 0 Å². The molecular weight excluding hydrogens is 248 g/mol. The summed E-state index contributed by atoms with van der Waals surface area (Å²) >= 11 is 6.24. The number of benzene rings is 1. The Hall–Kier alpha value is -0.930. The lowest BCUT2D eigenvalue weighted by Gasteiger charge is -2.23. The van der Waals surface area contributed by atoms with Gasteiger partial charge in [-0.3, -0.25) is 0 Å². The van der Waals surface area contributed by atoms with Gasteiger partial charge in [0.25, 0.3) is 0 Å². The van der Waals surface area contributed by atoms with E-state index in [2.05, 4.69) is 11.4 Å². The third-order valence-electron chi connectivity index (χ3n) is 3.28. The fourth-order valence-corrected chi connectivity index (χ4v) is 2.56. The molecule has 0 aliphatic carbocycles. The van der Waals surface area contributed by atoms with Crippen LogP contribution in [0.5, 0.6) is 0 Å². The minimum absolute atomic E-state index is 0.617. The molecule has 0 bridgehead atoms. The Bertz CT molecular complexity index is 389. The Labute approximate surface area is 114 Å². The number of nitrogens with one attached hydrogen (secondary N) is 1. The summed E-state index contributed by atoms with van der Waals surface area (Å²) in [5.74, 6) is 0.617. The first-order valence-corrected chi connectivity index (χ1v) is 6.83. The van der Waals surface area contributed by atoms with Crippen LogP contribution in [0.1, 0.15) is 12.8 Å². The highest BCUT2D eigenvalue weighted by Gasteiger charge is 2.13. The number of hydrogen-bond donors (Lipinski definition) is 1. The average Bonchev–Trinajstić information content (AvgIpc) is 2.37. The van der Waals surface area contributed by atoms with E-state index < -0.39 is 0 Å². The van der Waals surface area contributed by atoms with Crippen LogP contribution in [0, 0.1) is 5.92 Å². The number of hydrogen-bond acceptors (Lipinski definition) is 3. The molecule has 0 radical (unpaired) electrons. The molecule has 0 aromatic heterocycles. The van der Waals surface area contributed by atoms with Gasteiger partial charge in [-0.05, 0) is 37.0 Å². The standard InChI is InChI=1S/C14H21ClN2O/c1-17(2)14-6-5-12(8-13(14)15)16-9-11-4-3-7-18-10-11/h5-6,8,11,16H,3-4,7,9-10H2,1-2H3. The topological polar surface area (TPSA) is 24.5 Å². The van der Waals surface area contributed by atoms with E-state index in [4.69, 9.17) is 16.3 Å². The van der Waals surface area contributed by atoms with Crippen molar-refractivity contribution in [2.24, 2.45) is 5.92 Å². The summed E-state index contributed by atoms with van der Waals surface area (Å²) in [5.41, 5.74) is 2.12. The molecule has 1 unspecified atom stereocenters. The van der Waals surface area contributed by atoms with Crippen molar-refractivity contribution in [3.63, 3.8) is 0 Å². The molecule has 1 aromatic rings. The summed E-state index contributed by atoms with van der Waals surface area (Å²) in [6.07, 6.45) is 2.42. The molecule has 1 aliphatic rings. The van der Waals surface area contributed by atoms with Crippen LogP contribution in [0.3, 0.4) is 0 Å². The van der Waals surface area contributed by atoms with Crippen LogP contribution in [-0.4, -0.2) is 33.9 Å². The molecule has 0 saturated carbocycles. The van der Waals surface area contributed by atoms with E-state index in [-0.39, 0.29) is 0 Å². The molecule has 1 fully saturated rings. The van der Waals surface area contributed by atoms with Crippen molar-refractivity contribution in [1.29, 1.82) is 0 Å². The maximum absolute atomic E-state index is 6.24. The summed E-state index contributed by atoms with van der Waals surface area (Å²) in [6, 6.07) is 6.10. The second-order valence-corrected chi connectivity index (χ2v) is 5.43. The minimum atomic E-state index is 0.617. The molecule has 18 heavy (non-hydrogen) atoms. The maximum atomic E-state index is 6.24. The van der Waals surface area contributed by atoms with Crippen LogP contribution >= 0.6 is 11.6 Å². The van der Waals surface area contributed by atoms with Crippen molar-refractivity contribution in [2.75, 3.05) is 44.1 Å². The first kappa shape index (κ1) is 13.5. The largest absolute Gasteiger partial charge is 0.385 e. The second-order valence-electron chi connectivity index (χ2n) is 5.02. The quantitative estimate of drug-likeness (QED) is 0.907. The maximum Gasteiger partial charge on any atom is 0.0659 e. The van der Waals surface area contributed by atoms with E-state index in [0.29, 0.717) is 5.92 Å². The zero-order valence-corrected chi connectivity index (χ0v) is 11.8. The molecule has 0 spiro atoms. The van der Waals surface area contributed by atoms with Gasteiger partial charge in [-0.1, -0.05) is 11.6 Å². The summed E-state index contributed by atoms with van der Waals surface area (Å²) in [4.78, 5) is 2.01. The molecule has 1 aromatic carbocycles. The highest BCUT2D eigenvalue weighted by Crippen LogP contribution is 2.27. The molecule has 1 N–H and O–H groups in total. The third kappa shape index (κ3) is 3.53. The van der Waals surface area contributed by atoms with E-state index in [9.17, 15) is 0 Å². The smallest absolute Gasteiger partial charge is 0.0659 e. The molecule has 1 saturated heterocycles. The number of halogens is 1. The lowest BCUT2D eigenvalue weighted by Crippen LogP contribution is -2.24. The van der Waals surface area contributed by atoms with Crippen LogP contribution in [-0.2, 0) is 4.74 Å². The summed E-state index contributed by atoms with van der Waals surface area (Å²) < 4.78 is 5.47. The molecule has 1 aliphatic heterocycles. The van der Waals surface area contributed by atoms with Gasteiger partial charge in [-0.25, -0.2) is 0 Å². The average molecular weight is 269 g/mol. The number of rotatable bonds is 4. The normalized spacial score (nSPS) is 19.6. The van der Waals surface area contributed by atoms with Crippen molar-refractivity contribution in [1.82, 2.24) is 0 Å². The lowest BCUT2D eigenvalue weighted by molar-refractivity contribution is 0.0595. The SMILES string of the molecule is CN(C)c1ccc(NCC2CCCOC2)cc1Cl. The zero-order chi connectivity index (χ0) is 13.0. The predicted molar refractivity (Wildman–Crippen MR) is 77.8 cm³/mol. The predicted octanol–water partition coefficient (Wildman–Crippen LogP) is 3.24. The van der Waals surface area contributed by atoms with Gasteiger partial charge in [0.1, 0.15) is 0 Å². The molecule has 2 rings (SSSR count). The van der Waals surface area contributed by atoms with Gasteiger partial charge in [0, 0.05) is 32.9 Å². The summed E-state index contributed by atoms with van der Waals surface area (Å²) in [6.45, 7) is 2.74. The first-order valence-electron chi connectivity index (χ1n) is 6.45. The fraction of sp³-hybridized carbons (Fsp3) is 0.571. The van der Waals surface area contributed by atoms with Gasteiger partial charge < -0.3 is 15.0 Å². The molecule has 0 amide bonds. The Morgan fingerprint density at radius 3 is 2.89 bits per heavy atom. The van der Waals surface area contributed by atoms with Crippen molar-refractivity contribution in [2.45, 2.75) is 12.8 Å². The Balaban J connectivity index is 1.91. The third-order valence-corrected chi connectivity index (χ3v) is 3.58. The second kappa shape index (κ2) is 6.30. The van der Waals surface area contributed by atoms with E-state index in [1.54, 1.807) is 0 Å².